The number of carbonyl (C=O) groups is 2. The van der Waals surface area contributed by atoms with Crippen LogP contribution < -0.4 is 20.3 Å². The van der Waals surface area contributed by atoms with Gasteiger partial charge < -0.3 is 20.3 Å². The van der Waals surface area contributed by atoms with E-state index in [4.69, 9.17) is 16.3 Å². The lowest BCUT2D eigenvalue weighted by molar-refractivity contribution is -0.118. The van der Waals surface area contributed by atoms with Crippen molar-refractivity contribution in [3.63, 3.8) is 0 Å². The number of benzene rings is 2. The van der Waals surface area contributed by atoms with Crippen LogP contribution in [0.15, 0.2) is 36.4 Å². The lowest BCUT2D eigenvalue weighted by atomic mass is 10.1. The minimum Gasteiger partial charge on any atom is -0.481 e. The fraction of sp³-hybridized carbons (Fsp3) is 0.176. The zero-order chi connectivity index (χ0) is 17.3. The molecule has 0 unspecified atom stereocenters. The van der Waals surface area contributed by atoms with Gasteiger partial charge in [0.2, 0.25) is 0 Å². The van der Waals surface area contributed by atoms with Crippen molar-refractivity contribution in [2.45, 2.75) is 0 Å². The molecule has 2 aromatic carbocycles. The topological polar surface area (TPSA) is 70.7 Å². The smallest absolute Gasteiger partial charge is 0.262 e. The van der Waals surface area contributed by atoms with Gasteiger partial charge in [0.05, 0.1) is 27.6 Å². The van der Waals surface area contributed by atoms with Crippen molar-refractivity contribution in [3.8, 4) is 5.75 Å². The minimum atomic E-state index is -0.339. The van der Waals surface area contributed by atoms with Crippen molar-refractivity contribution in [2.24, 2.45) is 0 Å². The van der Waals surface area contributed by atoms with E-state index in [2.05, 4.69) is 10.6 Å². The maximum Gasteiger partial charge on any atom is 0.262 e. The van der Waals surface area contributed by atoms with Gasteiger partial charge in [0.1, 0.15) is 0 Å². The molecular formula is C17H16ClN3O3. The zero-order valence-electron chi connectivity index (χ0n) is 13.2. The highest BCUT2D eigenvalue weighted by Gasteiger charge is 2.23. The second-order valence-corrected chi connectivity index (χ2v) is 5.91. The monoisotopic (exact) mass is 345 g/mol. The number of nitrogens with one attached hydrogen (secondary N) is 2. The molecular weight excluding hydrogens is 330 g/mol. The van der Waals surface area contributed by atoms with Crippen LogP contribution in [0.2, 0.25) is 5.02 Å². The molecule has 24 heavy (non-hydrogen) atoms. The molecule has 0 saturated heterocycles. The van der Waals surface area contributed by atoms with Crippen molar-refractivity contribution in [1.82, 2.24) is 0 Å². The van der Waals surface area contributed by atoms with Gasteiger partial charge in [-0.3, -0.25) is 9.59 Å². The number of para-hydroxylation sites is 2. The van der Waals surface area contributed by atoms with E-state index in [0.717, 1.165) is 0 Å². The first-order valence-corrected chi connectivity index (χ1v) is 7.68. The van der Waals surface area contributed by atoms with E-state index in [9.17, 15) is 9.59 Å². The van der Waals surface area contributed by atoms with Gasteiger partial charge in [-0.25, -0.2) is 0 Å². The number of hydrogen-bond donors (Lipinski definition) is 2. The van der Waals surface area contributed by atoms with Crippen LogP contribution in [-0.2, 0) is 4.79 Å². The summed E-state index contributed by atoms with van der Waals surface area (Å²) >= 11 is 6.22. The van der Waals surface area contributed by atoms with Crippen molar-refractivity contribution in [3.05, 3.63) is 47.0 Å². The summed E-state index contributed by atoms with van der Waals surface area (Å²) in [5.74, 6) is -0.221. The summed E-state index contributed by atoms with van der Waals surface area (Å²) in [6.07, 6.45) is 0. The van der Waals surface area contributed by atoms with Crippen LogP contribution in [0, 0.1) is 0 Å². The number of ether oxygens (including phenoxy) is 1. The van der Waals surface area contributed by atoms with E-state index >= 15 is 0 Å². The van der Waals surface area contributed by atoms with Crippen LogP contribution >= 0.6 is 11.6 Å². The lowest BCUT2D eigenvalue weighted by Crippen LogP contribution is -2.27. The molecule has 2 amide bonds. The van der Waals surface area contributed by atoms with Crippen LogP contribution in [0.3, 0.4) is 0 Å². The van der Waals surface area contributed by atoms with E-state index in [1.165, 1.54) is 0 Å². The molecule has 2 N–H and O–H groups in total. The molecule has 1 heterocycles. The molecule has 3 rings (SSSR count). The van der Waals surface area contributed by atoms with Gasteiger partial charge in [0, 0.05) is 14.1 Å². The van der Waals surface area contributed by atoms with Crippen LogP contribution in [0.1, 0.15) is 10.4 Å². The molecule has 2 aromatic rings. The lowest BCUT2D eigenvalue weighted by Gasteiger charge is -2.22. The highest BCUT2D eigenvalue weighted by atomic mass is 35.5. The summed E-state index contributed by atoms with van der Waals surface area (Å²) in [7, 11) is 3.69. The van der Waals surface area contributed by atoms with Crippen LogP contribution in [0.4, 0.5) is 17.1 Å². The van der Waals surface area contributed by atoms with E-state index in [-0.39, 0.29) is 18.4 Å². The van der Waals surface area contributed by atoms with Crippen molar-refractivity contribution >= 4 is 40.5 Å². The van der Waals surface area contributed by atoms with Crippen molar-refractivity contribution in [2.75, 3.05) is 36.2 Å². The van der Waals surface area contributed by atoms with Gasteiger partial charge in [0.25, 0.3) is 11.8 Å². The number of fused-ring (bicyclic) bond motifs is 1. The Hall–Kier alpha value is -2.73. The highest BCUT2D eigenvalue weighted by molar-refractivity contribution is 6.34. The normalized spacial score (nSPS) is 12.7. The Labute approximate surface area is 144 Å². The maximum absolute atomic E-state index is 12.7. The van der Waals surface area contributed by atoms with Crippen molar-refractivity contribution in [1.29, 1.82) is 0 Å². The fourth-order valence-electron chi connectivity index (χ4n) is 2.55. The van der Waals surface area contributed by atoms with E-state index < -0.39 is 0 Å². The summed E-state index contributed by atoms with van der Waals surface area (Å²) < 4.78 is 5.42. The molecule has 6 nitrogen and oxygen atoms in total. The van der Waals surface area contributed by atoms with E-state index in [1.807, 2.05) is 19.0 Å². The Bertz CT molecular complexity index is 821. The van der Waals surface area contributed by atoms with E-state index in [0.29, 0.717) is 33.4 Å². The largest absolute Gasteiger partial charge is 0.481 e. The predicted octanol–water partition coefficient (Wildman–Crippen LogP) is 2.99. The summed E-state index contributed by atoms with van der Waals surface area (Å²) in [6.45, 7) is -0.114. The van der Waals surface area contributed by atoms with Gasteiger partial charge in [-0.2, -0.15) is 0 Å². The summed E-state index contributed by atoms with van der Waals surface area (Å²) in [5, 5.41) is 6.08. The molecule has 7 heteroatoms. The fourth-order valence-corrected chi connectivity index (χ4v) is 2.90. The highest BCUT2D eigenvalue weighted by Crippen LogP contribution is 2.35. The summed E-state index contributed by atoms with van der Waals surface area (Å²) in [4.78, 5) is 25.9. The number of amides is 2. The Kier molecular flexibility index (Phi) is 4.31. The van der Waals surface area contributed by atoms with E-state index in [1.54, 1.807) is 36.4 Å². The Morgan fingerprint density at radius 1 is 1.25 bits per heavy atom. The molecule has 0 fully saturated rings. The van der Waals surface area contributed by atoms with Gasteiger partial charge in [-0.05, 0) is 24.3 Å². The molecule has 1 aliphatic rings. The Morgan fingerprint density at radius 2 is 2.00 bits per heavy atom. The second kappa shape index (κ2) is 6.41. The third kappa shape index (κ3) is 3.00. The molecule has 0 saturated carbocycles. The minimum absolute atomic E-state index is 0.114. The maximum atomic E-state index is 12.7. The first kappa shape index (κ1) is 16.1. The number of anilines is 3. The molecule has 0 radical (unpaired) electrons. The number of carbonyl (C=O) groups excluding carboxylic acids is 2. The second-order valence-electron chi connectivity index (χ2n) is 5.50. The molecule has 0 atom stereocenters. The third-order valence-electron chi connectivity index (χ3n) is 3.56. The summed E-state index contributed by atoms with van der Waals surface area (Å²) in [6, 6.07) is 10.3. The molecule has 0 spiro atoms. The van der Waals surface area contributed by atoms with Gasteiger partial charge in [0.15, 0.2) is 12.4 Å². The van der Waals surface area contributed by atoms with Crippen LogP contribution in [-0.4, -0.2) is 32.5 Å². The van der Waals surface area contributed by atoms with Crippen molar-refractivity contribution < 1.29 is 14.3 Å². The zero-order valence-corrected chi connectivity index (χ0v) is 14.0. The molecule has 0 aromatic heterocycles. The molecule has 1 aliphatic heterocycles. The standard InChI is InChI=1S/C17H16ClN3O3/c1-21(2)15-11(18)6-4-7-12(15)20-17(23)10-5-3-8-13-16(10)24-9-14(22)19-13/h3-8H,9H2,1-2H3,(H,19,22)(H,20,23). The van der Waals surface area contributed by atoms with Gasteiger partial charge >= 0.3 is 0 Å². The number of rotatable bonds is 3. The quantitative estimate of drug-likeness (QED) is 0.897. The first-order chi connectivity index (χ1) is 11.5. The average Bonchev–Trinajstić information content (AvgIpc) is 2.53. The Morgan fingerprint density at radius 3 is 2.75 bits per heavy atom. The van der Waals surface area contributed by atoms with Gasteiger partial charge in [-0.15, -0.1) is 0 Å². The van der Waals surface area contributed by atoms with Crippen LogP contribution in [0.5, 0.6) is 5.75 Å². The number of halogens is 1. The van der Waals surface area contributed by atoms with Crippen LogP contribution in [0.25, 0.3) is 0 Å². The number of hydrogen-bond acceptors (Lipinski definition) is 4. The SMILES string of the molecule is CN(C)c1c(Cl)cccc1NC(=O)c1cccc2c1OCC(=O)N2. The first-order valence-electron chi connectivity index (χ1n) is 7.30. The molecule has 0 aliphatic carbocycles. The molecule has 0 bridgehead atoms. The number of nitrogens with zero attached hydrogens (tertiary/aromatic N) is 1. The Balaban J connectivity index is 1.94. The molecule has 124 valence electrons. The van der Waals surface area contributed by atoms with Gasteiger partial charge in [-0.1, -0.05) is 23.7 Å². The summed E-state index contributed by atoms with van der Waals surface area (Å²) in [5.41, 5.74) is 2.14. The average molecular weight is 346 g/mol. The third-order valence-corrected chi connectivity index (χ3v) is 3.87. The predicted molar refractivity (Wildman–Crippen MR) is 94.3 cm³/mol.